The molecule has 0 aromatic heterocycles. The van der Waals surface area contributed by atoms with E-state index in [4.69, 9.17) is 4.74 Å². The van der Waals surface area contributed by atoms with Crippen LogP contribution in [0.1, 0.15) is 24.8 Å². The predicted octanol–water partition coefficient (Wildman–Crippen LogP) is 1.44. The SMILES string of the molecule is O=C(CN1CCO[C@](CO)(Cc2ccccc2F)C1)N1CCCCC1. The Morgan fingerprint density at radius 1 is 1.20 bits per heavy atom. The zero-order valence-electron chi connectivity index (χ0n) is 14.6. The number of benzene rings is 1. The largest absolute Gasteiger partial charge is 0.393 e. The lowest BCUT2D eigenvalue weighted by molar-refractivity contribution is -0.147. The van der Waals surface area contributed by atoms with E-state index in [9.17, 15) is 14.3 Å². The summed E-state index contributed by atoms with van der Waals surface area (Å²) in [5.41, 5.74) is -0.330. The number of carbonyl (C=O) groups excluding carboxylic acids is 1. The van der Waals surface area contributed by atoms with Gasteiger partial charge < -0.3 is 14.7 Å². The van der Waals surface area contributed by atoms with E-state index in [-0.39, 0.29) is 18.3 Å². The second-order valence-electron chi connectivity index (χ2n) is 7.11. The van der Waals surface area contributed by atoms with Crippen LogP contribution in [-0.2, 0) is 16.0 Å². The van der Waals surface area contributed by atoms with Crippen molar-refractivity contribution in [3.05, 3.63) is 35.6 Å². The van der Waals surface area contributed by atoms with Crippen LogP contribution in [0.5, 0.6) is 0 Å². The average Bonchev–Trinajstić information content (AvgIpc) is 2.65. The second kappa shape index (κ2) is 8.25. The van der Waals surface area contributed by atoms with Crippen molar-refractivity contribution in [2.45, 2.75) is 31.3 Å². The van der Waals surface area contributed by atoms with Crippen molar-refractivity contribution in [1.29, 1.82) is 0 Å². The van der Waals surface area contributed by atoms with Gasteiger partial charge in [0.05, 0.1) is 19.8 Å². The zero-order chi connectivity index (χ0) is 17.7. The third kappa shape index (κ3) is 4.57. The smallest absolute Gasteiger partial charge is 0.236 e. The van der Waals surface area contributed by atoms with Gasteiger partial charge in [-0.15, -0.1) is 0 Å². The third-order valence-corrected chi connectivity index (χ3v) is 5.15. The molecule has 138 valence electrons. The number of nitrogens with zero attached hydrogens (tertiary/aromatic N) is 2. The summed E-state index contributed by atoms with van der Waals surface area (Å²) in [6.45, 7) is 3.32. The molecule has 2 aliphatic rings. The third-order valence-electron chi connectivity index (χ3n) is 5.15. The molecule has 6 heteroatoms. The van der Waals surface area contributed by atoms with E-state index in [1.165, 1.54) is 12.5 Å². The Kier molecular flexibility index (Phi) is 6.04. The molecular weight excluding hydrogens is 323 g/mol. The molecule has 1 aromatic rings. The summed E-state index contributed by atoms with van der Waals surface area (Å²) >= 11 is 0. The van der Waals surface area contributed by atoms with E-state index < -0.39 is 5.60 Å². The number of ether oxygens (including phenoxy) is 1. The molecule has 1 amide bonds. The van der Waals surface area contributed by atoms with Gasteiger partial charge >= 0.3 is 0 Å². The van der Waals surface area contributed by atoms with Crippen LogP contribution in [0.2, 0.25) is 0 Å². The standard InChI is InChI=1S/C19H27FN2O3/c20-17-7-3-2-6-16(17)12-19(15-23)14-21(10-11-25-19)13-18(24)22-8-4-1-5-9-22/h2-3,6-7,23H,1,4-5,8-15H2/t19-/m1/s1. The summed E-state index contributed by atoms with van der Waals surface area (Å²) in [6, 6.07) is 6.56. The van der Waals surface area contributed by atoms with Crippen molar-refractivity contribution in [3.8, 4) is 0 Å². The maximum atomic E-state index is 14.0. The molecule has 2 aliphatic heterocycles. The van der Waals surface area contributed by atoms with E-state index in [1.807, 2.05) is 9.80 Å². The maximum absolute atomic E-state index is 14.0. The minimum atomic E-state index is -0.859. The molecule has 1 aromatic carbocycles. The number of hydrogen-bond donors (Lipinski definition) is 1. The number of piperidine rings is 1. The van der Waals surface area contributed by atoms with Gasteiger partial charge in [-0.3, -0.25) is 9.69 Å². The van der Waals surface area contributed by atoms with E-state index >= 15 is 0 Å². The molecule has 5 nitrogen and oxygen atoms in total. The molecule has 0 bridgehead atoms. The van der Waals surface area contributed by atoms with Gasteiger partial charge in [0.1, 0.15) is 11.4 Å². The van der Waals surface area contributed by atoms with Crippen molar-refractivity contribution in [2.75, 3.05) is 45.9 Å². The quantitative estimate of drug-likeness (QED) is 0.873. The number of morpholine rings is 1. The lowest BCUT2D eigenvalue weighted by Gasteiger charge is -2.42. The molecule has 3 rings (SSSR count). The van der Waals surface area contributed by atoms with Gasteiger partial charge in [0.2, 0.25) is 5.91 Å². The Morgan fingerprint density at radius 2 is 1.96 bits per heavy atom. The molecule has 2 saturated heterocycles. The van der Waals surface area contributed by atoms with Gasteiger partial charge in [-0.2, -0.15) is 0 Å². The highest BCUT2D eigenvalue weighted by atomic mass is 19.1. The number of aliphatic hydroxyl groups is 1. The van der Waals surface area contributed by atoms with Crippen LogP contribution in [0.3, 0.4) is 0 Å². The molecule has 2 heterocycles. The molecule has 0 aliphatic carbocycles. The molecule has 25 heavy (non-hydrogen) atoms. The Hall–Kier alpha value is -1.50. The fourth-order valence-electron chi connectivity index (χ4n) is 3.74. The number of aliphatic hydroxyl groups excluding tert-OH is 1. The zero-order valence-corrected chi connectivity index (χ0v) is 14.6. The summed E-state index contributed by atoms with van der Waals surface area (Å²) in [6.07, 6.45) is 3.63. The van der Waals surface area contributed by atoms with Crippen LogP contribution < -0.4 is 0 Å². The number of rotatable bonds is 5. The van der Waals surface area contributed by atoms with Crippen LogP contribution in [-0.4, -0.2) is 72.4 Å². The summed E-state index contributed by atoms with van der Waals surface area (Å²) < 4.78 is 19.8. The first-order valence-corrected chi connectivity index (χ1v) is 9.10. The van der Waals surface area contributed by atoms with E-state index in [0.717, 1.165) is 25.9 Å². The highest BCUT2D eigenvalue weighted by Gasteiger charge is 2.38. The normalized spacial score (nSPS) is 25.1. The molecule has 0 spiro atoms. The van der Waals surface area contributed by atoms with Crippen LogP contribution in [0.15, 0.2) is 24.3 Å². The molecule has 2 fully saturated rings. The van der Waals surface area contributed by atoms with Gasteiger partial charge in [0.25, 0.3) is 0 Å². The first kappa shape index (κ1) is 18.3. The summed E-state index contributed by atoms with van der Waals surface area (Å²) in [7, 11) is 0. The predicted molar refractivity (Wildman–Crippen MR) is 92.7 cm³/mol. The van der Waals surface area contributed by atoms with Crippen LogP contribution in [0, 0.1) is 5.82 Å². The Morgan fingerprint density at radius 3 is 2.68 bits per heavy atom. The summed E-state index contributed by atoms with van der Waals surface area (Å²) in [4.78, 5) is 16.5. The minimum absolute atomic E-state index is 0.138. The lowest BCUT2D eigenvalue weighted by Crippen LogP contribution is -2.57. The first-order chi connectivity index (χ1) is 12.1. The fraction of sp³-hybridized carbons (Fsp3) is 0.632. The highest BCUT2D eigenvalue weighted by Crippen LogP contribution is 2.24. The highest BCUT2D eigenvalue weighted by molar-refractivity contribution is 5.78. The molecule has 1 atom stereocenters. The Labute approximate surface area is 148 Å². The van der Waals surface area contributed by atoms with E-state index in [1.54, 1.807) is 18.2 Å². The Bertz CT molecular complexity index is 592. The number of carbonyl (C=O) groups is 1. The monoisotopic (exact) mass is 350 g/mol. The Balaban J connectivity index is 1.63. The van der Waals surface area contributed by atoms with Gasteiger partial charge in [-0.1, -0.05) is 18.2 Å². The number of amides is 1. The van der Waals surface area contributed by atoms with Crippen molar-refractivity contribution in [3.63, 3.8) is 0 Å². The number of halogens is 1. The minimum Gasteiger partial charge on any atom is -0.393 e. The van der Waals surface area contributed by atoms with Gasteiger partial charge in [0.15, 0.2) is 0 Å². The van der Waals surface area contributed by atoms with Crippen LogP contribution in [0.25, 0.3) is 0 Å². The van der Waals surface area contributed by atoms with E-state index in [2.05, 4.69) is 0 Å². The van der Waals surface area contributed by atoms with Gasteiger partial charge in [-0.25, -0.2) is 4.39 Å². The summed E-state index contributed by atoms with van der Waals surface area (Å²) in [5.74, 6) is -0.153. The topological polar surface area (TPSA) is 53.0 Å². The van der Waals surface area contributed by atoms with Crippen LogP contribution >= 0.6 is 0 Å². The fourth-order valence-corrected chi connectivity index (χ4v) is 3.74. The van der Waals surface area contributed by atoms with Gasteiger partial charge in [0, 0.05) is 32.6 Å². The maximum Gasteiger partial charge on any atom is 0.236 e. The molecule has 1 N–H and O–H groups in total. The summed E-state index contributed by atoms with van der Waals surface area (Å²) in [5, 5.41) is 9.92. The van der Waals surface area contributed by atoms with Crippen LogP contribution in [0.4, 0.5) is 4.39 Å². The molecule has 0 radical (unpaired) electrons. The molecule has 0 saturated carbocycles. The number of hydrogen-bond acceptors (Lipinski definition) is 4. The van der Waals surface area contributed by atoms with E-state index in [0.29, 0.717) is 38.2 Å². The van der Waals surface area contributed by atoms with Crippen molar-refractivity contribution >= 4 is 5.91 Å². The lowest BCUT2D eigenvalue weighted by atomic mass is 9.92. The van der Waals surface area contributed by atoms with Crippen molar-refractivity contribution in [1.82, 2.24) is 9.80 Å². The van der Waals surface area contributed by atoms with Crippen molar-refractivity contribution in [2.24, 2.45) is 0 Å². The first-order valence-electron chi connectivity index (χ1n) is 9.10. The van der Waals surface area contributed by atoms with Crippen molar-refractivity contribution < 1.29 is 19.0 Å². The van der Waals surface area contributed by atoms with Gasteiger partial charge in [-0.05, 0) is 30.9 Å². The molecular formula is C19H27FN2O3. The average molecular weight is 350 g/mol. The number of likely N-dealkylation sites (tertiary alicyclic amines) is 1. The second-order valence-corrected chi connectivity index (χ2v) is 7.11. The molecule has 0 unspecified atom stereocenters.